The summed E-state index contributed by atoms with van der Waals surface area (Å²) in [6, 6.07) is 9.38. The Hall–Kier alpha value is -3.35. The summed E-state index contributed by atoms with van der Waals surface area (Å²) in [5.41, 5.74) is 1.42. The first kappa shape index (κ1) is 16.1. The molecule has 0 radical (unpaired) electrons. The number of hydrogen-bond donors (Lipinski definition) is 2. The van der Waals surface area contributed by atoms with Crippen molar-refractivity contribution in [3.63, 3.8) is 0 Å². The summed E-state index contributed by atoms with van der Waals surface area (Å²) in [5, 5.41) is 12.7. The summed E-state index contributed by atoms with van der Waals surface area (Å²) in [6.45, 7) is 1.28. The Kier molecular flexibility index (Phi) is 3.84. The second kappa shape index (κ2) is 6.18. The first-order valence-electron chi connectivity index (χ1n) is 8.09. The Morgan fingerprint density at radius 3 is 2.73 bits per heavy atom. The summed E-state index contributed by atoms with van der Waals surface area (Å²) in [4.78, 5) is 23.7. The zero-order valence-corrected chi connectivity index (χ0v) is 13.7. The maximum absolute atomic E-state index is 13.0. The van der Waals surface area contributed by atoms with E-state index in [9.17, 15) is 19.1 Å². The SMILES string of the molecule is O=C(O)c1cn2c3c(c(CNc4ccc(F)cc4)ccc3c1=O)OCC2. The van der Waals surface area contributed by atoms with E-state index in [1.165, 1.54) is 18.3 Å². The first-order valence-corrected chi connectivity index (χ1v) is 8.09. The number of halogens is 1. The van der Waals surface area contributed by atoms with Gasteiger partial charge in [-0.05, 0) is 30.3 Å². The number of carboxylic acid groups (broad SMARTS) is 1. The second-order valence-electron chi connectivity index (χ2n) is 6.03. The topological polar surface area (TPSA) is 80.6 Å². The van der Waals surface area contributed by atoms with Crippen molar-refractivity contribution >= 4 is 22.6 Å². The first-order chi connectivity index (χ1) is 12.5. The van der Waals surface area contributed by atoms with Crippen LogP contribution < -0.4 is 15.5 Å². The van der Waals surface area contributed by atoms with Gasteiger partial charge in [0.25, 0.3) is 0 Å². The van der Waals surface area contributed by atoms with Crippen LogP contribution in [-0.4, -0.2) is 22.2 Å². The Labute approximate surface area is 147 Å². The second-order valence-corrected chi connectivity index (χ2v) is 6.03. The Bertz CT molecular complexity index is 1070. The number of carbonyl (C=O) groups is 1. The number of aromatic nitrogens is 1. The van der Waals surface area contributed by atoms with E-state index in [4.69, 9.17) is 4.74 Å². The molecule has 26 heavy (non-hydrogen) atoms. The number of rotatable bonds is 4. The van der Waals surface area contributed by atoms with Crippen LogP contribution in [0, 0.1) is 5.82 Å². The number of ether oxygens (including phenoxy) is 1. The molecule has 4 rings (SSSR count). The predicted octanol–water partition coefficient (Wildman–Crippen LogP) is 2.84. The van der Waals surface area contributed by atoms with Crippen molar-refractivity contribution in [3.05, 3.63) is 69.8 Å². The molecule has 0 spiro atoms. The highest BCUT2D eigenvalue weighted by Crippen LogP contribution is 2.32. The molecule has 2 heterocycles. The molecule has 0 atom stereocenters. The molecule has 0 fully saturated rings. The van der Waals surface area contributed by atoms with Crippen LogP contribution in [0.1, 0.15) is 15.9 Å². The number of anilines is 1. The van der Waals surface area contributed by atoms with E-state index in [2.05, 4.69) is 5.32 Å². The molecule has 0 amide bonds. The number of carboxylic acids is 1. The largest absolute Gasteiger partial charge is 0.489 e. The van der Waals surface area contributed by atoms with Gasteiger partial charge in [-0.1, -0.05) is 6.07 Å². The van der Waals surface area contributed by atoms with Crippen molar-refractivity contribution in [1.29, 1.82) is 0 Å². The van der Waals surface area contributed by atoms with E-state index >= 15 is 0 Å². The zero-order valence-electron chi connectivity index (χ0n) is 13.7. The predicted molar refractivity (Wildman–Crippen MR) is 94.4 cm³/mol. The highest BCUT2D eigenvalue weighted by molar-refractivity contribution is 5.95. The van der Waals surface area contributed by atoms with Crippen molar-refractivity contribution < 1.29 is 19.0 Å². The van der Waals surface area contributed by atoms with Gasteiger partial charge in [0, 0.05) is 24.0 Å². The van der Waals surface area contributed by atoms with Crippen molar-refractivity contribution in [2.45, 2.75) is 13.1 Å². The molecule has 1 aromatic heterocycles. The summed E-state index contributed by atoms with van der Waals surface area (Å²) < 4.78 is 20.5. The number of aromatic carboxylic acids is 1. The fraction of sp³-hybridized carbons (Fsp3) is 0.158. The van der Waals surface area contributed by atoms with Gasteiger partial charge in [-0.25, -0.2) is 9.18 Å². The Morgan fingerprint density at radius 2 is 2.00 bits per heavy atom. The van der Waals surface area contributed by atoms with Crippen LogP contribution in [0.4, 0.5) is 10.1 Å². The molecule has 7 heteroatoms. The van der Waals surface area contributed by atoms with Gasteiger partial charge < -0.3 is 19.7 Å². The van der Waals surface area contributed by atoms with Gasteiger partial charge in [0.05, 0.1) is 17.4 Å². The van der Waals surface area contributed by atoms with E-state index in [1.807, 2.05) is 0 Å². The minimum atomic E-state index is -1.24. The molecule has 0 saturated carbocycles. The smallest absolute Gasteiger partial charge is 0.341 e. The van der Waals surface area contributed by atoms with Gasteiger partial charge in [-0.15, -0.1) is 0 Å². The van der Waals surface area contributed by atoms with Crippen LogP contribution in [0.25, 0.3) is 10.9 Å². The average Bonchev–Trinajstić information content (AvgIpc) is 2.64. The minimum absolute atomic E-state index is 0.248. The van der Waals surface area contributed by atoms with Crippen molar-refractivity contribution in [3.8, 4) is 5.75 Å². The van der Waals surface area contributed by atoms with Crippen LogP contribution in [0.3, 0.4) is 0 Å². The number of nitrogens with zero attached hydrogens (tertiary/aromatic N) is 1. The maximum atomic E-state index is 13.0. The third-order valence-electron chi connectivity index (χ3n) is 4.41. The summed E-state index contributed by atoms with van der Waals surface area (Å²) in [5.74, 6) is -0.980. The van der Waals surface area contributed by atoms with E-state index in [0.29, 0.717) is 36.3 Å². The maximum Gasteiger partial charge on any atom is 0.341 e. The quantitative estimate of drug-likeness (QED) is 0.753. The third kappa shape index (κ3) is 2.67. The molecule has 132 valence electrons. The molecule has 1 aliphatic heterocycles. The van der Waals surface area contributed by atoms with Gasteiger partial charge in [-0.3, -0.25) is 4.79 Å². The lowest BCUT2D eigenvalue weighted by atomic mass is 10.1. The summed E-state index contributed by atoms with van der Waals surface area (Å²) in [7, 11) is 0. The van der Waals surface area contributed by atoms with Gasteiger partial charge in [0.2, 0.25) is 5.43 Å². The Balaban J connectivity index is 1.77. The molecule has 0 bridgehead atoms. The molecule has 2 N–H and O–H groups in total. The Morgan fingerprint density at radius 1 is 1.23 bits per heavy atom. The van der Waals surface area contributed by atoms with Gasteiger partial charge in [0.15, 0.2) is 0 Å². The fourth-order valence-corrected chi connectivity index (χ4v) is 3.15. The number of hydrogen-bond acceptors (Lipinski definition) is 4. The molecular weight excluding hydrogens is 339 g/mol. The van der Waals surface area contributed by atoms with Crippen molar-refractivity contribution in [2.75, 3.05) is 11.9 Å². The van der Waals surface area contributed by atoms with Gasteiger partial charge >= 0.3 is 5.97 Å². The van der Waals surface area contributed by atoms with Crippen LogP contribution >= 0.6 is 0 Å². The van der Waals surface area contributed by atoms with E-state index in [0.717, 1.165) is 11.3 Å². The van der Waals surface area contributed by atoms with Crippen molar-refractivity contribution in [2.24, 2.45) is 0 Å². The van der Waals surface area contributed by atoms with Gasteiger partial charge in [0.1, 0.15) is 23.7 Å². The molecular formula is C19H15FN2O4. The van der Waals surface area contributed by atoms with E-state index in [1.54, 1.807) is 28.8 Å². The van der Waals surface area contributed by atoms with Crippen LogP contribution in [0.15, 0.2) is 47.4 Å². The lowest BCUT2D eigenvalue weighted by Gasteiger charge is -2.23. The molecule has 6 nitrogen and oxygen atoms in total. The van der Waals surface area contributed by atoms with Crippen molar-refractivity contribution in [1.82, 2.24) is 4.57 Å². The molecule has 0 unspecified atom stereocenters. The molecule has 0 aliphatic carbocycles. The lowest BCUT2D eigenvalue weighted by molar-refractivity contribution is 0.0694. The van der Waals surface area contributed by atoms with Crippen LogP contribution in [0.2, 0.25) is 0 Å². The molecule has 1 aliphatic rings. The normalized spacial score (nSPS) is 12.7. The molecule has 3 aromatic rings. The van der Waals surface area contributed by atoms with Crippen LogP contribution in [0.5, 0.6) is 5.75 Å². The summed E-state index contributed by atoms with van der Waals surface area (Å²) >= 11 is 0. The third-order valence-corrected chi connectivity index (χ3v) is 4.41. The van der Waals surface area contributed by atoms with Crippen LogP contribution in [-0.2, 0) is 13.1 Å². The zero-order chi connectivity index (χ0) is 18.3. The number of benzene rings is 2. The van der Waals surface area contributed by atoms with E-state index in [-0.39, 0.29) is 11.4 Å². The number of nitrogens with one attached hydrogen (secondary N) is 1. The number of pyridine rings is 1. The molecule has 0 saturated heterocycles. The highest BCUT2D eigenvalue weighted by atomic mass is 19.1. The fourth-order valence-electron chi connectivity index (χ4n) is 3.15. The van der Waals surface area contributed by atoms with Gasteiger partial charge in [-0.2, -0.15) is 0 Å². The monoisotopic (exact) mass is 354 g/mol. The molecule has 2 aromatic carbocycles. The standard InChI is InChI=1S/C19H15FN2O4/c20-12-2-4-13(5-3-12)21-9-11-1-6-14-16-18(11)26-8-7-22(16)10-15(17(14)23)19(24)25/h1-6,10,21H,7-9H2,(H,24,25). The highest BCUT2D eigenvalue weighted by Gasteiger charge is 2.22. The summed E-state index contributed by atoms with van der Waals surface area (Å²) in [6.07, 6.45) is 1.37. The minimum Gasteiger partial charge on any atom is -0.489 e. The lowest BCUT2D eigenvalue weighted by Crippen LogP contribution is -2.24. The average molecular weight is 354 g/mol. The van der Waals surface area contributed by atoms with E-state index < -0.39 is 11.4 Å².